The average molecular weight is 350 g/mol. The molecular formula is C17H19FN2O3S. The topological polar surface area (TPSA) is 75.3 Å². The summed E-state index contributed by atoms with van der Waals surface area (Å²) in [5.41, 5.74) is 2.71. The number of sulfonamides is 1. The highest BCUT2D eigenvalue weighted by molar-refractivity contribution is 7.89. The van der Waals surface area contributed by atoms with Crippen molar-refractivity contribution in [2.45, 2.75) is 31.7 Å². The van der Waals surface area contributed by atoms with Crippen molar-refractivity contribution in [3.05, 3.63) is 59.4 Å². The van der Waals surface area contributed by atoms with Gasteiger partial charge in [-0.25, -0.2) is 12.8 Å². The number of nitrogens with one attached hydrogen (secondary N) is 2. The lowest BCUT2D eigenvalue weighted by atomic mass is 10.1. The smallest absolute Gasteiger partial charge is 0.242 e. The Kier molecular flexibility index (Phi) is 5.36. The van der Waals surface area contributed by atoms with Gasteiger partial charge >= 0.3 is 0 Å². The maximum absolute atomic E-state index is 12.9. The van der Waals surface area contributed by atoms with Crippen molar-refractivity contribution in [1.82, 2.24) is 4.72 Å². The maximum atomic E-state index is 12.9. The van der Waals surface area contributed by atoms with Crippen molar-refractivity contribution >= 4 is 21.6 Å². The normalized spacial score (nSPS) is 12.7. The second-order valence-corrected chi connectivity index (χ2v) is 7.30. The van der Waals surface area contributed by atoms with Gasteiger partial charge in [0.1, 0.15) is 5.82 Å². The number of amides is 1. The van der Waals surface area contributed by atoms with Crippen LogP contribution in [0.3, 0.4) is 0 Å². The monoisotopic (exact) mass is 350 g/mol. The Balaban J connectivity index is 2.07. The van der Waals surface area contributed by atoms with Gasteiger partial charge in [0.2, 0.25) is 15.9 Å². The minimum Gasteiger partial charge on any atom is -0.325 e. The molecule has 128 valence electrons. The van der Waals surface area contributed by atoms with Gasteiger partial charge in [-0.3, -0.25) is 4.79 Å². The van der Waals surface area contributed by atoms with Gasteiger partial charge in [0.25, 0.3) is 0 Å². The third kappa shape index (κ3) is 4.39. The van der Waals surface area contributed by atoms with Crippen molar-refractivity contribution in [2.75, 3.05) is 5.32 Å². The summed E-state index contributed by atoms with van der Waals surface area (Å²) in [7, 11) is -3.91. The van der Waals surface area contributed by atoms with E-state index in [9.17, 15) is 17.6 Å². The van der Waals surface area contributed by atoms with Crippen LogP contribution in [0.25, 0.3) is 0 Å². The van der Waals surface area contributed by atoms with Gasteiger partial charge in [0.05, 0.1) is 10.9 Å². The van der Waals surface area contributed by atoms with Crippen molar-refractivity contribution in [3.63, 3.8) is 0 Å². The van der Waals surface area contributed by atoms with Gasteiger partial charge < -0.3 is 5.32 Å². The minimum absolute atomic E-state index is 0.102. The SMILES string of the molecule is Cc1ccc(NC(=O)[C@H](C)NS(=O)(=O)c2ccc(F)cc2)cc1C. The number of benzene rings is 2. The molecule has 0 aliphatic rings. The summed E-state index contributed by atoms with van der Waals surface area (Å²) in [6.45, 7) is 5.32. The number of anilines is 1. The Labute approximate surface area is 141 Å². The molecule has 0 aliphatic carbocycles. The van der Waals surface area contributed by atoms with Gasteiger partial charge in [-0.2, -0.15) is 4.72 Å². The van der Waals surface area contributed by atoms with Crippen LogP contribution in [0, 0.1) is 19.7 Å². The van der Waals surface area contributed by atoms with E-state index in [1.807, 2.05) is 26.0 Å². The Morgan fingerprint density at radius 3 is 2.25 bits per heavy atom. The van der Waals surface area contributed by atoms with Crippen LogP contribution >= 0.6 is 0 Å². The van der Waals surface area contributed by atoms with Gasteiger partial charge in [0, 0.05) is 5.69 Å². The lowest BCUT2D eigenvalue weighted by Gasteiger charge is -2.15. The molecule has 0 spiro atoms. The van der Waals surface area contributed by atoms with Crippen LogP contribution in [-0.4, -0.2) is 20.4 Å². The molecule has 2 aromatic rings. The van der Waals surface area contributed by atoms with Crippen LogP contribution in [0.15, 0.2) is 47.4 Å². The zero-order valence-corrected chi connectivity index (χ0v) is 14.4. The van der Waals surface area contributed by atoms with E-state index in [0.29, 0.717) is 5.69 Å². The van der Waals surface area contributed by atoms with E-state index in [2.05, 4.69) is 10.0 Å². The van der Waals surface area contributed by atoms with Crippen LogP contribution in [0.2, 0.25) is 0 Å². The number of rotatable bonds is 5. The van der Waals surface area contributed by atoms with Crippen LogP contribution in [0.4, 0.5) is 10.1 Å². The minimum atomic E-state index is -3.91. The second-order valence-electron chi connectivity index (χ2n) is 5.59. The zero-order valence-electron chi connectivity index (χ0n) is 13.6. The molecule has 0 saturated heterocycles. The highest BCUT2D eigenvalue weighted by Gasteiger charge is 2.22. The molecule has 0 radical (unpaired) electrons. The Morgan fingerprint density at radius 2 is 1.67 bits per heavy atom. The first-order chi connectivity index (χ1) is 11.2. The van der Waals surface area contributed by atoms with E-state index in [-0.39, 0.29) is 4.90 Å². The van der Waals surface area contributed by atoms with Gasteiger partial charge in [-0.05, 0) is 68.3 Å². The quantitative estimate of drug-likeness (QED) is 0.871. The van der Waals surface area contributed by atoms with E-state index in [4.69, 9.17) is 0 Å². The molecule has 7 heteroatoms. The summed E-state index contributed by atoms with van der Waals surface area (Å²) < 4.78 is 39.6. The van der Waals surface area contributed by atoms with Crippen LogP contribution in [-0.2, 0) is 14.8 Å². The predicted molar refractivity (Wildman–Crippen MR) is 90.7 cm³/mol. The Morgan fingerprint density at radius 1 is 1.04 bits per heavy atom. The first-order valence-electron chi connectivity index (χ1n) is 7.35. The van der Waals surface area contributed by atoms with Gasteiger partial charge in [0.15, 0.2) is 0 Å². The summed E-state index contributed by atoms with van der Waals surface area (Å²) in [6, 6.07) is 8.84. The molecule has 2 rings (SSSR count). The fraction of sp³-hybridized carbons (Fsp3) is 0.235. The summed E-state index contributed by atoms with van der Waals surface area (Å²) in [5, 5.41) is 2.67. The third-order valence-corrected chi connectivity index (χ3v) is 5.18. The average Bonchev–Trinajstić information content (AvgIpc) is 2.51. The zero-order chi connectivity index (χ0) is 17.9. The summed E-state index contributed by atoms with van der Waals surface area (Å²) in [4.78, 5) is 12.1. The fourth-order valence-corrected chi connectivity index (χ4v) is 3.24. The molecule has 2 N–H and O–H groups in total. The summed E-state index contributed by atoms with van der Waals surface area (Å²) in [5.74, 6) is -1.02. The van der Waals surface area contributed by atoms with Gasteiger partial charge in [-0.15, -0.1) is 0 Å². The molecule has 5 nitrogen and oxygen atoms in total. The number of carbonyl (C=O) groups excluding carboxylic acids is 1. The molecule has 24 heavy (non-hydrogen) atoms. The maximum Gasteiger partial charge on any atom is 0.242 e. The van der Waals surface area contributed by atoms with E-state index >= 15 is 0 Å². The Bertz CT molecular complexity index is 849. The molecule has 0 aromatic heterocycles. The molecule has 0 saturated carbocycles. The van der Waals surface area contributed by atoms with Crippen molar-refractivity contribution < 1.29 is 17.6 Å². The number of carbonyl (C=O) groups is 1. The first kappa shape index (κ1) is 18.1. The molecule has 2 aromatic carbocycles. The van der Waals surface area contributed by atoms with Crippen molar-refractivity contribution in [1.29, 1.82) is 0 Å². The number of halogens is 1. The van der Waals surface area contributed by atoms with E-state index in [1.54, 1.807) is 6.07 Å². The molecule has 0 unspecified atom stereocenters. The Hall–Kier alpha value is -2.25. The highest BCUT2D eigenvalue weighted by atomic mass is 32.2. The van der Waals surface area contributed by atoms with E-state index in [0.717, 1.165) is 35.4 Å². The molecule has 1 atom stereocenters. The van der Waals surface area contributed by atoms with Crippen LogP contribution in [0.1, 0.15) is 18.1 Å². The lowest BCUT2D eigenvalue weighted by Crippen LogP contribution is -2.41. The van der Waals surface area contributed by atoms with E-state index in [1.165, 1.54) is 6.92 Å². The lowest BCUT2D eigenvalue weighted by molar-refractivity contribution is -0.117. The molecule has 0 fully saturated rings. The summed E-state index contributed by atoms with van der Waals surface area (Å²) >= 11 is 0. The largest absolute Gasteiger partial charge is 0.325 e. The third-order valence-electron chi connectivity index (χ3n) is 3.62. The van der Waals surface area contributed by atoms with Gasteiger partial charge in [-0.1, -0.05) is 6.07 Å². The van der Waals surface area contributed by atoms with Crippen molar-refractivity contribution in [2.24, 2.45) is 0 Å². The molecule has 0 heterocycles. The van der Waals surface area contributed by atoms with Crippen LogP contribution < -0.4 is 10.0 Å². The fourth-order valence-electron chi connectivity index (χ4n) is 2.04. The summed E-state index contributed by atoms with van der Waals surface area (Å²) in [6.07, 6.45) is 0. The van der Waals surface area contributed by atoms with E-state index < -0.39 is 27.8 Å². The first-order valence-corrected chi connectivity index (χ1v) is 8.83. The second kappa shape index (κ2) is 7.11. The predicted octanol–water partition coefficient (Wildman–Crippen LogP) is 2.75. The molecule has 0 bridgehead atoms. The number of aryl methyl sites for hydroxylation is 2. The molecular weight excluding hydrogens is 331 g/mol. The number of hydrogen-bond donors (Lipinski definition) is 2. The molecule has 1 amide bonds. The number of hydrogen-bond acceptors (Lipinski definition) is 3. The molecule has 0 aliphatic heterocycles. The highest BCUT2D eigenvalue weighted by Crippen LogP contribution is 2.15. The standard InChI is InChI=1S/C17H19FN2O3S/c1-11-4-7-15(10-12(11)2)19-17(21)13(3)20-24(22,23)16-8-5-14(18)6-9-16/h4-10,13,20H,1-3H3,(H,19,21)/t13-/m0/s1. The van der Waals surface area contributed by atoms with Crippen molar-refractivity contribution in [3.8, 4) is 0 Å². The van der Waals surface area contributed by atoms with Crippen LogP contribution in [0.5, 0.6) is 0 Å².